The fraction of sp³-hybridized carbons (Fsp3) is 0.409. The van der Waals surface area contributed by atoms with Crippen molar-refractivity contribution in [3.05, 3.63) is 72.6 Å². The highest BCUT2D eigenvalue weighted by atomic mass is 15.2. The number of aromatic nitrogens is 4. The lowest BCUT2D eigenvalue weighted by Crippen LogP contribution is -2.46. The van der Waals surface area contributed by atoms with Crippen molar-refractivity contribution in [1.82, 2.24) is 29.3 Å². The number of likely N-dealkylation sites (N-methyl/N-ethyl adjacent to an activating group) is 1. The average molecular weight is 377 g/mol. The molecule has 1 unspecified atom stereocenters. The average Bonchev–Trinajstić information content (AvgIpc) is 3.21. The SMILES string of the molecule is CN(CCc1ccccn1)C1CCCN(Cc2cccn2-c2ncccn2)C1. The first-order valence-corrected chi connectivity index (χ1v) is 10.1. The van der Waals surface area contributed by atoms with Crippen LogP contribution in [0.15, 0.2) is 61.2 Å². The maximum absolute atomic E-state index is 4.45. The first-order chi connectivity index (χ1) is 13.8. The van der Waals surface area contributed by atoms with Crippen molar-refractivity contribution in [1.29, 1.82) is 0 Å². The van der Waals surface area contributed by atoms with Crippen LogP contribution in [0.5, 0.6) is 0 Å². The number of rotatable bonds is 7. The van der Waals surface area contributed by atoms with Gasteiger partial charge in [0.15, 0.2) is 0 Å². The van der Waals surface area contributed by atoms with Gasteiger partial charge in [-0.15, -0.1) is 0 Å². The Hall–Kier alpha value is -2.57. The molecule has 0 saturated carbocycles. The molecule has 0 spiro atoms. The van der Waals surface area contributed by atoms with E-state index >= 15 is 0 Å². The Morgan fingerprint density at radius 1 is 1.04 bits per heavy atom. The largest absolute Gasteiger partial charge is 0.302 e. The quantitative estimate of drug-likeness (QED) is 0.635. The van der Waals surface area contributed by atoms with Gasteiger partial charge in [-0.3, -0.25) is 14.5 Å². The maximum Gasteiger partial charge on any atom is 0.233 e. The molecule has 3 aromatic rings. The number of likely N-dealkylation sites (tertiary alicyclic amines) is 1. The zero-order valence-electron chi connectivity index (χ0n) is 16.5. The zero-order chi connectivity index (χ0) is 19.2. The van der Waals surface area contributed by atoms with Gasteiger partial charge in [0.1, 0.15) is 0 Å². The molecule has 1 aliphatic rings. The molecule has 0 aliphatic carbocycles. The highest BCUT2D eigenvalue weighted by Crippen LogP contribution is 2.19. The summed E-state index contributed by atoms with van der Waals surface area (Å²) in [4.78, 5) is 18.3. The smallest absolute Gasteiger partial charge is 0.233 e. The van der Waals surface area contributed by atoms with Crippen LogP contribution in [0.1, 0.15) is 24.2 Å². The summed E-state index contributed by atoms with van der Waals surface area (Å²) in [6, 6.07) is 12.8. The van der Waals surface area contributed by atoms with Gasteiger partial charge in [0.05, 0.1) is 0 Å². The fourth-order valence-electron chi connectivity index (χ4n) is 3.94. The van der Waals surface area contributed by atoms with Crippen LogP contribution < -0.4 is 0 Å². The number of piperidine rings is 1. The van der Waals surface area contributed by atoms with Gasteiger partial charge in [0.25, 0.3) is 0 Å². The van der Waals surface area contributed by atoms with Gasteiger partial charge in [-0.05, 0) is 56.8 Å². The summed E-state index contributed by atoms with van der Waals surface area (Å²) in [5.74, 6) is 0.739. The molecule has 4 heterocycles. The Morgan fingerprint density at radius 2 is 1.89 bits per heavy atom. The van der Waals surface area contributed by atoms with E-state index in [1.807, 2.05) is 24.5 Å². The third-order valence-electron chi connectivity index (χ3n) is 5.54. The molecule has 1 atom stereocenters. The summed E-state index contributed by atoms with van der Waals surface area (Å²) < 4.78 is 2.09. The van der Waals surface area contributed by atoms with E-state index in [1.54, 1.807) is 12.4 Å². The van der Waals surface area contributed by atoms with Gasteiger partial charge in [-0.2, -0.15) is 0 Å². The molecule has 6 nitrogen and oxygen atoms in total. The van der Waals surface area contributed by atoms with E-state index in [0.29, 0.717) is 6.04 Å². The minimum Gasteiger partial charge on any atom is -0.302 e. The number of hydrogen-bond donors (Lipinski definition) is 0. The lowest BCUT2D eigenvalue weighted by molar-refractivity contribution is 0.111. The molecular formula is C22H28N6. The van der Waals surface area contributed by atoms with Gasteiger partial charge in [0, 0.05) is 68.3 Å². The van der Waals surface area contributed by atoms with E-state index in [0.717, 1.165) is 38.5 Å². The molecule has 146 valence electrons. The highest BCUT2D eigenvalue weighted by molar-refractivity contribution is 5.20. The third kappa shape index (κ3) is 4.64. The van der Waals surface area contributed by atoms with E-state index < -0.39 is 0 Å². The molecule has 0 radical (unpaired) electrons. The Kier molecular flexibility index (Phi) is 6.09. The monoisotopic (exact) mass is 376 g/mol. The third-order valence-corrected chi connectivity index (χ3v) is 5.54. The van der Waals surface area contributed by atoms with Crippen LogP contribution in [0.25, 0.3) is 5.95 Å². The van der Waals surface area contributed by atoms with Crippen LogP contribution in [0.4, 0.5) is 0 Å². The van der Waals surface area contributed by atoms with Crippen LogP contribution in [-0.4, -0.2) is 62.0 Å². The maximum atomic E-state index is 4.45. The predicted octanol–water partition coefficient (Wildman–Crippen LogP) is 2.80. The second kappa shape index (κ2) is 9.08. The highest BCUT2D eigenvalue weighted by Gasteiger charge is 2.24. The lowest BCUT2D eigenvalue weighted by Gasteiger charge is -2.37. The Labute approximate surface area is 166 Å². The summed E-state index contributed by atoms with van der Waals surface area (Å²) >= 11 is 0. The van der Waals surface area contributed by atoms with E-state index in [-0.39, 0.29) is 0 Å². The summed E-state index contributed by atoms with van der Waals surface area (Å²) in [6.45, 7) is 4.21. The first kappa shape index (κ1) is 18.8. The zero-order valence-corrected chi connectivity index (χ0v) is 16.5. The topological polar surface area (TPSA) is 50.1 Å². The van der Waals surface area contributed by atoms with Crippen molar-refractivity contribution in [2.24, 2.45) is 0 Å². The Morgan fingerprint density at radius 3 is 2.71 bits per heavy atom. The standard InChI is InChI=1S/C22H28N6/c1-26(16-10-19-7-2-3-11-23-19)20-8-4-14-27(17-20)18-21-9-5-15-28(21)22-24-12-6-13-25-22/h2-3,5-7,9,11-13,15,20H,4,8,10,14,16-18H2,1H3. The second-order valence-electron chi connectivity index (χ2n) is 7.50. The van der Waals surface area contributed by atoms with Crippen LogP contribution in [0.2, 0.25) is 0 Å². The van der Waals surface area contributed by atoms with Gasteiger partial charge < -0.3 is 4.90 Å². The summed E-state index contributed by atoms with van der Waals surface area (Å²) in [5, 5.41) is 0. The van der Waals surface area contributed by atoms with E-state index in [9.17, 15) is 0 Å². The van der Waals surface area contributed by atoms with E-state index in [2.05, 4.69) is 60.6 Å². The molecule has 1 fully saturated rings. The minimum atomic E-state index is 0.592. The first-order valence-electron chi connectivity index (χ1n) is 10.1. The molecule has 0 bridgehead atoms. The van der Waals surface area contributed by atoms with Crippen LogP contribution in [0.3, 0.4) is 0 Å². The lowest BCUT2D eigenvalue weighted by atomic mass is 10.0. The molecule has 1 aliphatic heterocycles. The summed E-state index contributed by atoms with van der Waals surface area (Å²) in [7, 11) is 2.25. The molecule has 28 heavy (non-hydrogen) atoms. The Bertz CT molecular complexity index is 848. The normalized spacial score (nSPS) is 17.9. The van der Waals surface area contributed by atoms with Crippen LogP contribution >= 0.6 is 0 Å². The van der Waals surface area contributed by atoms with Crippen LogP contribution in [0, 0.1) is 0 Å². The summed E-state index contributed by atoms with van der Waals surface area (Å²) in [5.41, 5.74) is 2.41. The number of hydrogen-bond acceptors (Lipinski definition) is 5. The molecule has 6 heteroatoms. The van der Waals surface area contributed by atoms with E-state index in [1.165, 1.54) is 24.2 Å². The van der Waals surface area contributed by atoms with Crippen molar-refractivity contribution in [2.45, 2.75) is 31.8 Å². The second-order valence-corrected chi connectivity index (χ2v) is 7.50. The van der Waals surface area contributed by atoms with Crippen LogP contribution in [-0.2, 0) is 13.0 Å². The van der Waals surface area contributed by atoms with Gasteiger partial charge in [0.2, 0.25) is 5.95 Å². The van der Waals surface area contributed by atoms with Crippen molar-refractivity contribution in [2.75, 3.05) is 26.7 Å². The van der Waals surface area contributed by atoms with Gasteiger partial charge >= 0.3 is 0 Å². The van der Waals surface area contributed by atoms with E-state index in [4.69, 9.17) is 0 Å². The Balaban J connectivity index is 1.35. The molecule has 0 aromatic carbocycles. The molecule has 1 saturated heterocycles. The number of pyridine rings is 1. The predicted molar refractivity (Wildman–Crippen MR) is 110 cm³/mol. The van der Waals surface area contributed by atoms with Gasteiger partial charge in [-0.25, -0.2) is 9.97 Å². The van der Waals surface area contributed by atoms with Crippen molar-refractivity contribution in [3.8, 4) is 5.95 Å². The molecule has 3 aromatic heterocycles. The number of nitrogens with zero attached hydrogens (tertiary/aromatic N) is 6. The van der Waals surface area contributed by atoms with Crippen molar-refractivity contribution >= 4 is 0 Å². The molecule has 0 amide bonds. The molecule has 0 N–H and O–H groups in total. The van der Waals surface area contributed by atoms with Gasteiger partial charge in [-0.1, -0.05) is 6.07 Å². The minimum absolute atomic E-state index is 0.592. The van der Waals surface area contributed by atoms with Crippen molar-refractivity contribution < 1.29 is 0 Å². The molecule has 4 rings (SSSR count). The fourth-order valence-corrected chi connectivity index (χ4v) is 3.94. The summed E-state index contributed by atoms with van der Waals surface area (Å²) in [6.07, 6.45) is 11.0. The van der Waals surface area contributed by atoms with Crippen molar-refractivity contribution in [3.63, 3.8) is 0 Å². The molecular weight excluding hydrogens is 348 g/mol.